The van der Waals surface area contributed by atoms with Crippen molar-refractivity contribution in [3.8, 4) is 11.5 Å². The van der Waals surface area contributed by atoms with Crippen LogP contribution in [0.2, 0.25) is 0 Å². The summed E-state index contributed by atoms with van der Waals surface area (Å²) in [5.74, 6) is -2.94. The molecule has 0 aromatic carbocycles. The number of carbonyl (C=O) groups excluding carboxylic acids is 3. The van der Waals surface area contributed by atoms with Gasteiger partial charge in [-0.15, -0.1) is 0 Å². The predicted octanol–water partition coefficient (Wildman–Crippen LogP) is 0.802. The molecule has 158 valence electrons. The smallest absolute Gasteiger partial charge is 0.259 e. The number of aromatic nitrogens is 2. The molecule has 0 spiro atoms. The average molecular weight is 443 g/mol. The number of carbonyl (C=O) groups is 3. The number of ketones is 1. The molecule has 0 aliphatic rings. The van der Waals surface area contributed by atoms with Crippen molar-refractivity contribution < 1.29 is 27.3 Å². The quantitative estimate of drug-likeness (QED) is 0.483. The van der Waals surface area contributed by atoms with Gasteiger partial charge < -0.3 is 15.6 Å². The van der Waals surface area contributed by atoms with Gasteiger partial charge in [0.25, 0.3) is 5.89 Å². The van der Waals surface area contributed by atoms with Crippen LogP contribution in [0.15, 0.2) is 21.3 Å². The van der Waals surface area contributed by atoms with E-state index in [1.165, 1.54) is 11.3 Å². The van der Waals surface area contributed by atoms with E-state index in [9.17, 15) is 22.8 Å². The number of rotatable bonds is 11. The fraction of sp³-hybridized carbons (Fsp3) is 0.471. The van der Waals surface area contributed by atoms with Crippen LogP contribution in [0.1, 0.15) is 37.3 Å². The molecule has 0 saturated carbocycles. The van der Waals surface area contributed by atoms with Crippen LogP contribution < -0.4 is 11.1 Å². The first-order valence-electron chi connectivity index (χ1n) is 8.76. The van der Waals surface area contributed by atoms with E-state index in [1.54, 1.807) is 30.7 Å². The molecule has 2 rings (SSSR count). The molecular formula is C17H22N4O6S2. The molecule has 0 saturated heterocycles. The molecule has 0 fully saturated rings. The molecule has 3 N–H and O–H groups in total. The standard InChI is InChI=1S/C17H22N4O6S2/c1-10(2)9-29(25,26)6-4-14(23)19-12(7-13(18)22)15(24)16-20-17(27-21-16)11-3-5-28-8-11/h3,5,8,10,12H,4,6-7,9H2,1-2H3,(H2,18,22)(H,19,23)/t12-/m0/s1. The van der Waals surface area contributed by atoms with Gasteiger partial charge in [0.05, 0.1) is 23.5 Å². The van der Waals surface area contributed by atoms with Gasteiger partial charge in [-0.1, -0.05) is 19.0 Å². The molecule has 0 bridgehead atoms. The normalized spacial score (nSPS) is 12.7. The summed E-state index contributed by atoms with van der Waals surface area (Å²) in [4.78, 5) is 40.1. The number of nitrogens with one attached hydrogen (secondary N) is 1. The number of primary amides is 1. The molecule has 0 radical (unpaired) electrons. The SMILES string of the molecule is CC(C)CS(=O)(=O)CCC(=O)N[C@@H](CC(N)=O)C(=O)c1noc(-c2ccsc2)n1. The minimum absolute atomic E-state index is 0.0435. The van der Waals surface area contributed by atoms with Crippen molar-refractivity contribution >= 4 is 38.8 Å². The van der Waals surface area contributed by atoms with Gasteiger partial charge >= 0.3 is 0 Å². The highest BCUT2D eigenvalue weighted by Crippen LogP contribution is 2.20. The van der Waals surface area contributed by atoms with Crippen LogP contribution in [0.5, 0.6) is 0 Å². The summed E-state index contributed by atoms with van der Waals surface area (Å²) < 4.78 is 28.9. The Balaban J connectivity index is 2.06. The number of sulfone groups is 1. The summed E-state index contributed by atoms with van der Waals surface area (Å²) in [6.45, 7) is 3.52. The lowest BCUT2D eigenvalue weighted by Crippen LogP contribution is -2.44. The van der Waals surface area contributed by atoms with Gasteiger partial charge in [-0.2, -0.15) is 16.3 Å². The summed E-state index contributed by atoms with van der Waals surface area (Å²) in [6.07, 6.45) is -0.824. The number of nitrogens with zero attached hydrogens (tertiary/aromatic N) is 2. The van der Waals surface area contributed by atoms with Gasteiger partial charge in [0.15, 0.2) is 9.84 Å². The number of nitrogens with two attached hydrogens (primary N) is 1. The first kappa shape index (κ1) is 22.7. The van der Waals surface area contributed by atoms with Gasteiger partial charge in [0.2, 0.25) is 23.4 Å². The Morgan fingerprint density at radius 3 is 2.62 bits per heavy atom. The van der Waals surface area contributed by atoms with E-state index in [0.717, 1.165) is 0 Å². The molecule has 10 nitrogen and oxygen atoms in total. The molecule has 2 amide bonds. The Hall–Kier alpha value is -2.60. The van der Waals surface area contributed by atoms with E-state index in [2.05, 4.69) is 15.5 Å². The highest BCUT2D eigenvalue weighted by Gasteiger charge is 2.28. The fourth-order valence-corrected chi connectivity index (χ4v) is 4.81. The summed E-state index contributed by atoms with van der Waals surface area (Å²) in [5, 5.41) is 9.49. The van der Waals surface area contributed by atoms with Gasteiger partial charge in [-0.3, -0.25) is 14.4 Å². The highest BCUT2D eigenvalue weighted by molar-refractivity contribution is 7.91. The molecule has 0 aliphatic carbocycles. The molecule has 2 aromatic rings. The van der Waals surface area contributed by atoms with Crippen LogP contribution in [-0.2, 0) is 19.4 Å². The van der Waals surface area contributed by atoms with Gasteiger partial charge in [0, 0.05) is 11.8 Å². The van der Waals surface area contributed by atoms with E-state index in [4.69, 9.17) is 10.3 Å². The van der Waals surface area contributed by atoms with Crippen LogP contribution in [0, 0.1) is 5.92 Å². The zero-order valence-electron chi connectivity index (χ0n) is 16.0. The van der Waals surface area contributed by atoms with Crippen molar-refractivity contribution in [2.24, 2.45) is 11.7 Å². The second-order valence-electron chi connectivity index (χ2n) is 6.85. The van der Waals surface area contributed by atoms with Crippen LogP contribution in [0.3, 0.4) is 0 Å². The summed E-state index contributed by atoms with van der Waals surface area (Å²) in [6, 6.07) is 0.410. The first-order valence-corrected chi connectivity index (χ1v) is 11.5. The third-order valence-corrected chi connectivity index (χ3v) is 6.38. The maximum absolute atomic E-state index is 12.6. The monoisotopic (exact) mass is 442 g/mol. The molecule has 0 aliphatic heterocycles. The van der Waals surface area contributed by atoms with Crippen molar-refractivity contribution in [2.45, 2.75) is 32.7 Å². The third kappa shape index (κ3) is 7.06. The van der Waals surface area contributed by atoms with Crippen LogP contribution in [0.25, 0.3) is 11.5 Å². The van der Waals surface area contributed by atoms with Crippen molar-refractivity contribution in [1.82, 2.24) is 15.5 Å². The lowest BCUT2D eigenvalue weighted by molar-refractivity contribution is -0.122. The Morgan fingerprint density at radius 2 is 2.03 bits per heavy atom. The number of thiophene rings is 1. The molecule has 12 heteroatoms. The third-order valence-electron chi connectivity index (χ3n) is 3.70. The van der Waals surface area contributed by atoms with E-state index >= 15 is 0 Å². The number of hydrogen-bond acceptors (Lipinski definition) is 9. The van der Waals surface area contributed by atoms with Crippen molar-refractivity contribution in [3.05, 3.63) is 22.7 Å². The second kappa shape index (κ2) is 9.74. The minimum Gasteiger partial charge on any atom is -0.370 e. The zero-order chi connectivity index (χ0) is 21.6. The fourth-order valence-electron chi connectivity index (χ4n) is 2.50. The van der Waals surface area contributed by atoms with Crippen LogP contribution in [-0.4, -0.2) is 53.7 Å². The van der Waals surface area contributed by atoms with E-state index in [1.807, 2.05) is 0 Å². The molecule has 29 heavy (non-hydrogen) atoms. The lowest BCUT2D eigenvalue weighted by atomic mass is 10.1. The van der Waals surface area contributed by atoms with Crippen LogP contribution in [0.4, 0.5) is 0 Å². The number of Topliss-reactive ketones (excluding diaryl/α,β-unsaturated/α-hetero) is 1. The molecule has 0 unspecified atom stereocenters. The summed E-state index contributed by atoms with van der Waals surface area (Å²) in [5.41, 5.74) is 5.80. The highest BCUT2D eigenvalue weighted by atomic mass is 32.2. The van der Waals surface area contributed by atoms with Gasteiger partial charge in [0.1, 0.15) is 6.04 Å². The van der Waals surface area contributed by atoms with Crippen molar-refractivity contribution in [1.29, 1.82) is 0 Å². The summed E-state index contributed by atoms with van der Waals surface area (Å²) >= 11 is 1.41. The van der Waals surface area contributed by atoms with Crippen molar-refractivity contribution in [2.75, 3.05) is 11.5 Å². The average Bonchev–Trinajstić information content (AvgIpc) is 3.28. The van der Waals surface area contributed by atoms with Gasteiger partial charge in [-0.05, 0) is 17.4 Å². The topological polar surface area (TPSA) is 162 Å². The molecule has 1 atom stereocenters. The zero-order valence-corrected chi connectivity index (χ0v) is 17.6. The largest absolute Gasteiger partial charge is 0.370 e. The first-order chi connectivity index (χ1) is 13.6. The molecule has 2 heterocycles. The van der Waals surface area contributed by atoms with Gasteiger partial charge in [-0.25, -0.2) is 8.42 Å². The van der Waals surface area contributed by atoms with E-state index in [0.29, 0.717) is 5.56 Å². The van der Waals surface area contributed by atoms with E-state index in [-0.39, 0.29) is 35.6 Å². The van der Waals surface area contributed by atoms with Crippen molar-refractivity contribution in [3.63, 3.8) is 0 Å². The van der Waals surface area contributed by atoms with E-state index < -0.39 is 39.9 Å². The maximum Gasteiger partial charge on any atom is 0.259 e. The Kier molecular flexibility index (Phi) is 7.62. The predicted molar refractivity (Wildman–Crippen MR) is 106 cm³/mol. The lowest BCUT2D eigenvalue weighted by Gasteiger charge is -2.14. The molecule has 2 aromatic heterocycles. The molecular weight excluding hydrogens is 420 g/mol. The Bertz CT molecular complexity index is 966. The second-order valence-corrected chi connectivity index (χ2v) is 9.86. The maximum atomic E-state index is 12.6. The van der Waals surface area contributed by atoms with Crippen LogP contribution >= 0.6 is 11.3 Å². The summed E-state index contributed by atoms with van der Waals surface area (Å²) in [7, 11) is -3.41. The number of hydrogen-bond donors (Lipinski definition) is 2. The minimum atomic E-state index is -3.41. The Morgan fingerprint density at radius 1 is 1.31 bits per heavy atom. The number of amides is 2. The Labute approximate surface area is 171 Å².